The van der Waals surface area contributed by atoms with Gasteiger partial charge in [0.25, 0.3) is 5.91 Å². The number of aryl methyl sites for hydroxylation is 1. The Hall–Kier alpha value is -2.00. The first-order valence-corrected chi connectivity index (χ1v) is 7.63. The quantitative estimate of drug-likeness (QED) is 0.861. The first-order valence-electron chi connectivity index (χ1n) is 7.25. The molecular weight excluding hydrogens is 298 g/mol. The van der Waals surface area contributed by atoms with Crippen LogP contribution in [0.4, 0.5) is 5.69 Å². The van der Waals surface area contributed by atoms with E-state index in [1.165, 1.54) is 0 Å². The Balaban J connectivity index is 1.97. The summed E-state index contributed by atoms with van der Waals surface area (Å²) >= 11 is 5.96. The van der Waals surface area contributed by atoms with E-state index in [-0.39, 0.29) is 12.5 Å². The summed E-state index contributed by atoms with van der Waals surface area (Å²) < 4.78 is 5.51. The van der Waals surface area contributed by atoms with E-state index in [1.807, 2.05) is 37.3 Å². The van der Waals surface area contributed by atoms with Crippen LogP contribution in [0.25, 0.3) is 0 Å². The maximum atomic E-state index is 12.1. The second-order valence-corrected chi connectivity index (χ2v) is 5.90. The van der Waals surface area contributed by atoms with E-state index in [9.17, 15) is 4.79 Å². The van der Waals surface area contributed by atoms with Gasteiger partial charge in [-0.1, -0.05) is 43.6 Å². The van der Waals surface area contributed by atoms with Crippen molar-refractivity contribution in [2.45, 2.75) is 26.7 Å². The zero-order valence-electron chi connectivity index (χ0n) is 13.0. The van der Waals surface area contributed by atoms with Gasteiger partial charge in [-0.3, -0.25) is 4.79 Å². The highest BCUT2D eigenvalue weighted by Gasteiger charge is 2.10. The van der Waals surface area contributed by atoms with Crippen LogP contribution in [0.3, 0.4) is 0 Å². The number of para-hydroxylation sites is 1. The van der Waals surface area contributed by atoms with Crippen molar-refractivity contribution in [2.75, 3.05) is 11.9 Å². The molecule has 0 aliphatic heterocycles. The van der Waals surface area contributed by atoms with Crippen LogP contribution in [0.5, 0.6) is 5.75 Å². The lowest BCUT2D eigenvalue weighted by Gasteiger charge is -2.14. The van der Waals surface area contributed by atoms with Crippen LogP contribution < -0.4 is 10.1 Å². The number of benzene rings is 2. The van der Waals surface area contributed by atoms with Gasteiger partial charge in [0.15, 0.2) is 6.61 Å². The predicted molar refractivity (Wildman–Crippen MR) is 90.8 cm³/mol. The minimum Gasteiger partial charge on any atom is -0.484 e. The van der Waals surface area contributed by atoms with Crippen molar-refractivity contribution in [3.05, 3.63) is 58.6 Å². The Morgan fingerprint density at radius 2 is 1.95 bits per heavy atom. The number of carbonyl (C=O) groups excluding carboxylic acids is 1. The molecule has 0 saturated heterocycles. The van der Waals surface area contributed by atoms with Crippen LogP contribution in [0, 0.1) is 6.92 Å². The van der Waals surface area contributed by atoms with Crippen molar-refractivity contribution in [3.63, 3.8) is 0 Å². The number of rotatable bonds is 5. The SMILES string of the molecule is Cc1cc(OCC(=O)Nc2ccccc2C(C)C)ccc1Cl. The molecule has 3 nitrogen and oxygen atoms in total. The molecule has 0 spiro atoms. The number of carbonyl (C=O) groups is 1. The summed E-state index contributed by atoms with van der Waals surface area (Å²) in [5, 5.41) is 3.58. The molecule has 1 amide bonds. The smallest absolute Gasteiger partial charge is 0.262 e. The van der Waals surface area contributed by atoms with Gasteiger partial charge in [0.2, 0.25) is 0 Å². The van der Waals surface area contributed by atoms with Crippen LogP contribution in [0.15, 0.2) is 42.5 Å². The Morgan fingerprint density at radius 1 is 1.23 bits per heavy atom. The molecule has 0 aliphatic carbocycles. The van der Waals surface area contributed by atoms with Crippen LogP contribution >= 0.6 is 11.6 Å². The minimum atomic E-state index is -0.180. The fourth-order valence-electron chi connectivity index (χ4n) is 2.16. The largest absolute Gasteiger partial charge is 0.484 e. The molecule has 0 radical (unpaired) electrons. The van der Waals surface area contributed by atoms with Crippen LogP contribution in [0.2, 0.25) is 5.02 Å². The molecule has 22 heavy (non-hydrogen) atoms. The molecule has 0 aliphatic rings. The second kappa shape index (κ2) is 7.32. The highest BCUT2D eigenvalue weighted by Crippen LogP contribution is 2.24. The molecule has 2 aromatic carbocycles. The summed E-state index contributed by atoms with van der Waals surface area (Å²) in [5.41, 5.74) is 2.86. The lowest BCUT2D eigenvalue weighted by atomic mass is 10.0. The van der Waals surface area contributed by atoms with Gasteiger partial charge in [-0.05, 0) is 48.2 Å². The maximum absolute atomic E-state index is 12.1. The molecule has 0 heterocycles. The van der Waals surface area contributed by atoms with Gasteiger partial charge >= 0.3 is 0 Å². The molecule has 2 aromatic rings. The van der Waals surface area contributed by atoms with Gasteiger partial charge in [0.1, 0.15) is 5.75 Å². The van der Waals surface area contributed by atoms with Crippen molar-refractivity contribution < 1.29 is 9.53 Å². The average Bonchev–Trinajstić information content (AvgIpc) is 2.49. The van der Waals surface area contributed by atoms with E-state index in [0.717, 1.165) is 16.8 Å². The predicted octanol–water partition coefficient (Wildman–Crippen LogP) is 4.79. The van der Waals surface area contributed by atoms with E-state index in [1.54, 1.807) is 12.1 Å². The van der Waals surface area contributed by atoms with Crippen molar-refractivity contribution in [3.8, 4) is 5.75 Å². The molecule has 2 rings (SSSR count). The lowest BCUT2D eigenvalue weighted by molar-refractivity contribution is -0.118. The minimum absolute atomic E-state index is 0.0342. The molecule has 116 valence electrons. The fourth-order valence-corrected chi connectivity index (χ4v) is 2.27. The number of hydrogen-bond donors (Lipinski definition) is 1. The molecule has 0 aromatic heterocycles. The number of ether oxygens (including phenoxy) is 1. The second-order valence-electron chi connectivity index (χ2n) is 5.49. The third kappa shape index (κ3) is 4.25. The third-order valence-corrected chi connectivity index (χ3v) is 3.78. The summed E-state index contributed by atoms with van der Waals surface area (Å²) in [6, 6.07) is 13.1. The molecule has 0 bridgehead atoms. The molecular formula is C18H20ClNO2. The highest BCUT2D eigenvalue weighted by atomic mass is 35.5. The number of halogens is 1. The Bertz CT molecular complexity index is 668. The number of hydrogen-bond acceptors (Lipinski definition) is 2. The van der Waals surface area contributed by atoms with E-state index in [4.69, 9.17) is 16.3 Å². The molecule has 4 heteroatoms. The topological polar surface area (TPSA) is 38.3 Å². The normalized spacial score (nSPS) is 10.6. The van der Waals surface area contributed by atoms with Gasteiger partial charge < -0.3 is 10.1 Å². The molecule has 0 atom stereocenters. The van der Waals surface area contributed by atoms with E-state index >= 15 is 0 Å². The van der Waals surface area contributed by atoms with E-state index in [2.05, 4.69) is 19.2 Å². The van der Waals surface area contributed by atoms with E-state index in [0.29, 0.717) is 16.7 Å². The van der Waals surface area contributed by atoms with Gasteiger partial charge in [0, 0.05) is 10.7 Å². The highest BCUT2D eigenvalue weighted by molar-refractivity contribution is 6.31. The zero-order valence-corrected chi connectivity index (χ0v) is 13.8. The Morgan fingerprint density at radius 3 is 2.64 bits per heavy atom. The van der Waals surface area contributed by atoms with Gasteiger partial charge in [0.05, 0.1) is 0 Å². The summed E-state index contributed by atoms with van der Waals surface area (Å²) in [4.78, 5) is 12.1. The van der Waals surface area contributed by atoms with E-state index < -0.39 is 0 Å². The van der Waals surface area contributed by atoms with Gasteiger partial charge in [-0.2, -0.15) is 0 Å². The molecule has 0 unspecified atom stereocenters. The van der Waals surface area contributed by atoms with Crippen molar-refractivity contribution >= 4 is 23.2 Å². The number of anilines is 1. The summed E-state index contributed by atoms with van der Waals surface area (Å²) in [5.74, 6) is 0.797. The van der Waals surface area contributed by atoms with Gasteiger partial charge in [-0.25, -0.2) is 0 Å². The lowest BCUT2D eigenvalue weighted by Crippen LogP contribution is -2.21. The summed E-state index contributed by atoms with van der Waals surface area (Å²) in [7, 11) is 0. The Kier molecular flexibility index (Phi) is 5.45. The monoisotopic (exact) mass is 317 g/mol. The zero-order chi connectivity index (χ0) is 16.1. The van der Waals surface area contributed by atoms with Crippen molar-refractivity contribution in [1.82, 2.24) is 0 Å². The molecule has 0 saturated carbocycles. The first kappa shape index (κ1) is 16.4. The fraction of sp³-hybridized carbons (Fsp3) is 0.278. The van der Waals surface area contributed by atoms with Gasteiger partial charge in [-0.15, -0.1) is 0 Å². The third-order valence-electron chi connectivity index (χ3n) is 3.36. The van der Waals surface area contributed by atoms with Crippen LogP contribution in [0.1, 0.15) is 30.9 Å². The number of amides is 1. The van der Waals surface area contributed by atoms with Crippen molar-refractivity contribution in [2.24, 2.45) is 0 Å². The van der Waals surface area contributed by atoms with Crippen LogP contribution in [-0.2, 0) is 4.79 Å². The Labute approximate surface area is 136 Å². The molecule has 0 fully saturated rings. The maximum Gasteiger partial charge on any atom is 0.262 e. The average molecular weight is 318 g/mol. The number of nitrogens with one attached hydrogen (secondary N) is 1. The van der Waals surface area contributed by atoms with Crippen molar-refractivity contribution in [1.29, 1.82) is 0 Å². The summed E-state index contributed by atoms with van der Waals surface area (Å²) in [6.07, 6.45) is 0. The summed E-state index contributed by atoms with van der Waals surface area (Å²) in [6.45, 7) is 6.05. The molecule has 1 N–H and O–H groups in total. The van der Waals surface area contributed by atoms with Crippen LogP contribution in [-0.4, -0.2) is 12.5 Å². The standard InChI is InChI=1S/C18H20ClNO2/c1-12(2)15-6-4-5-7-17(15)20-18(21)11-22-14-8-9-16(19)13(3)10-14/h4-10,12H,11H2,1-3H3,(H,20,21). The first-order chi connectivity index (χ1) is 10.5.